The molecule has 1 saturated carbocycles. The second-order valence-corrected chi connectivity index (χ2v) is 6.70. The minimum atomic E-state index is -0.659. The predicted molar refractivity (Wildman–Crippen MR) is 65.3 cm³/mol. The third-order valence-corrected chi connectivity index (χ3v) is 5.19. The van der Waals surface area contributed by atoms with Crippen molar-refractivity contribution in [1.29, 1.82) is 0 Å². The van der Waals surface area contributed by atoms with Crippen LogP contribution in [-0.4, -0.2) is 21.1 Å². The van der Waals surface area contributed by atoms with Gasteiger partial charge in [-0.05, 0) is 32.1 Å². The van der Waals surface area contributed by atoms with Crippen LogP contribution in [0.3, 0.4) is 0 Å². The van der Waals surface area contributed by atoms with E-state index in [-0.39, 0.29) is 0 Å². The molecule has 1 aliphatic rings. The highest BCUT2D eigenvalue weighted by atomic mass is 32.2. The highest BCUT2D eigenvalue weighted by molar-refractivity contribution is 8.01. The summed E-state index contributed by atoms with van der Waals surface area (Å²) < 4.78 is -0.582. The van der Waals surface area contributed by atoms with E-state index in [1.54, 1.807) is 11.8 Å². The van der Waals surface area contributed by atoms with Crippen LogP contribution < -0.4 is 0 Å². The van der Waals surface area contributed by atoms with E-state index >= 15 is 0 Å². The average molecular weight is 230 g/mol. The molecule has 0 aromatic carbocycles. The molecule has 3 atom stereocenters. The van der Waals surface area contributed by atoms with Gasteiger partial charge in [0.05, 0.1) is 0 Å². The number of carbonyl (C=O) groups is 1. The van der Waals surface area contributed by atoms with Crippen LogP contribution in [0, 0.1) is 5.92 Å². The monoisotopic (exact) mass is 230 g/mol. The number of aliphatic carboxylic acids is 1. The lowest BCUT2D eigenvalue weighted by Gasteiger charge is -2.32. The lowest BCUT2D eigenvalue weighted by atomic mass is 9.90. The lowest BCUT2D eigenvalue weighted by molar-refractivity contribution is -0.139. The van der Waals surface area contributed by atoms with Crippen molar-refractivity contribution in [3.8, 4) is 0 Å². The Morgan fingerprint density at radius 2 is 2.20 bits per heavy atom. The zero-order valence-corrected chi connectivity index (χ0v) is 10.8. The molecule has 0 spiro atoms. The summed E-state index contributed by atoms with van der Waals surface area (Å²) in [6, 6.07) is 0. The van der Waals surface area contributed by atoms with Crippen LogP contribution in [0.5, 0.6) is 0 Å². The van der Waals surface area contributed by atoms with E-state index < -0.39 is 10.7 Å². The molecule has 3 heteroatoms. The number of rotatable bonds is 4. The van der Waals surface area contributed by atoms with Gasteiger partial charge in [-0.2, -0.15) is 0 Å². The summed E-state index contributed by atoms with van der Waals surface area (Å²) in [5.74, 6) is 0.111. The molecule has 1 N–H and O–H groups in total. The fourth-order valence-electron chi connectivity index (χ4n) is 2.14. The molecule has 0 aliphatic heterocycles. The van der Waals surface area contributed by atoms with Gasteiger partial charge in [0.15, 0.2) is 0 Å². The zero-order chi connectivity index (χ0) is 11.5. The topological polar surface area (TPSA) is 37.3 Å². The smallest absolute Gasteiger partial charge is 0.319 e. The first-order valence-corrected chi connectivity index (χ1v) is 6.77. The van der Waals surface area contributed by atoms with Crippen molar-refractivity contribution in [2.75, 3.05) is 0 Å². The van der Waals surface area contributed by atoms with Crippen LogP contribution in [0.2, 0.25) is 0 Å². The van der Waals surface area contributed by atoms with Gasteiger partial charge >= 0.3 is 5.97 Å². The normalized spacial score (nSPS) is 30.9. The van der Waals surface area contributed by atoms with Crippen molar-refractivity contribution in [3.05, 3.63) is 0 Å². The predicted octanol–water partition coefficient (Wildman–Crippen LogP) is 3.55. The van der Waals surface area contributed by atoms with Crippen LogP contribution in [0.4, 0.5) is 0 Å². The SMILES string of the molecule is CCC(C)(SC1CCCC(C)C1)C(=O)O. The van der Waals surface area contributed by atoms with E-state index in [9.17, 15) is 9.90 Å². The molecule has 1 fully saturated rings. The van der Waals surface area contributed by atoms with Crippen LogP contribution in [-0.2, 0) is 4.79 Å². The largest absolute Gasteiger partial charge is 0.480 e. The first-order valence-electron chi connectivity index (χ1n) is 5.89. The zero-order valence-electron chi connectivity index (χ0n) is 9.95. The number of hydrogen-bond acceptors (Lipinski definition) is 2. The van der Waals surface area contributed by atoms with Crippen molar-refractivity contribution in [2.45, 2.75) is 62.9 Å². The Bertz CT molecular complexity index is 230. The average Bonchev–Trinajstić information content (AvgIpc) is 2.17. The van der Waals surface area contributed by atoms with Crippen molar-refractivity contribution >= 4 is 17.7 Å². The first-order chi connectivity index (χ1) is 6.98. The molecule has 88 valence electrons. The highest BCUT2D eigenvalue weighted by Gasteiger charge is 2.35. The Morgan fingerprint density at radius 3 is 2.67 bits per heavy atom. The fourth-order valence-corrected chi connectivity index (χ4v) is 3.85. The van der Waals surface area contributed by atoms with Crippen molar-refractivity contribution in [2.24, 2.45) is 5.92 Å². The molecule has 0 heterocycles. The van der Waals surface area contributed by atoms with Gasteiger partial charge in [0, 0.05) is 5.25 Å². The van der Waals surface area contributed by atoms with Crippen LogP contribution in [0.15, 0.2) is 0 Å². The number of hydrogen-bond donors (Lipinski definition) is 1. The van der Waals surface area contributed by atoms with Crippen molar-refractivity contribution in [3.63, 3.8) is 0 Å². The molecule has 0 radical (unpaired) electrons. The van der Waals surface area contributed by atoms with Crippen LogP contribution >= 0.6 is 11.8 Å². The molecule has 0 aromatic rings. The summed E-state index contributed by atoms with van der Waals surface area (Å²) in [7, 11) is 0. The van der Waals surface area contributed by atoms with Crippen molar-refractivity contribution < 1.29 is 9.90 Å². The Kier molecular flexibility index (Phi) is 4.50. The van der Waals surface area contributed by atoms with E-state index in [4.69, 9.17) is 0 Å². The lowest BCUT2D eigenvalue weighted by Crippen LogP contribution is -2.34. The highest BCUT2D eigenvalue weighted by Crippen LogP contribution is 2.40. The van der Waals surface area contributed by atoms with Gasteiger partial charge in [0.2, 0.25) is 0 Å². The summed E-state index contributed by atoms with van der Waals surface area (Å²) in [6.07, 6.45) is 5.66. The number of thioether (sulfide) groups is 1. The molecule has 1 rings (SSSR count). The molecule has 0 amide bonds. The van der Waals surface area contributed by atoms with Gasteiger partial charge in [0.25, 0.3) is 0 Å². The van der Waals surface area contributed by atoms with E-state index in [0.29, 0.717) is 11.7 Å². The summed E-state index contributed by atoms with van der Waals surface area (Å²) in [5, 5.41) is 9.76. The summed E-state index contributed by atoms with van der Waals surface area (Å²) in [5.41, 5.74) is 0. The maximum Gasteiger partial charge on any atom is 0.319 e. The van der Waals surface area contributed by atoms with E-state index in [2.05, 4.69) is 6.92 Å². The Hall–Kier alpha value is -0.180. The van der Waals surface area contributed by atoms with Gasteiger partial charge in [0.1, 0.15) is 4.75 Å². The molecule has 0 saturated heterocycles. The Morgan fingerprint density at radius 1 is 1.53 bits per heavy atom. The van der Waals surface area contributed by atoms with Gasteiger partial charge in [-0.3, -0.25) is 4.79 Å². The third-order valence-electron chi connectivity index (χ3n) is 3.44. The van der Waals surface area contributed by atoms with E-state index in [0.717, 1.165) is 5.92 Å². The minimum Gasteiger partial charge on any atom is -0.480 e. The maximum atomic E-state index is 11.2. The standard InChI is InChI=1S/C12H22O2S/c1-4-12(3,11(13)14)15-10-7-5-6-9(2)8-10/h9-10H,4-8H2,1-3H3,(H,13,14). The fraction of sp³-hybridized carbons (Fsp3) is 0.917. The first kappa shape index (κ1) is 12.9. The summed E-state index contributed by atoms with van der Waals surface area (Å²) in [6.45, 7) is 6.10. The minimum absolute atomic E-state index is 0.551. The van der Waals surface area contributed by atoms with Gasteiger partial charge < -0.3 is 5.11 Å². The third kappa shape index (κ3) is 3.40. The Labute approximate surface area is 96.8 Å². The summed E-state index contributed by atoms with van der Waals surface area (Å²) >= 11 is 1.68. The molecular formula is C12H22O2S. The van der Waals surface area contributed by atoms with Gasteiger partial charge in [-0.25, -0.2) is 0 Å². The molecule has 0 bridgehead atoms. The van der Waals surface area contributed by atoms with Crippen LogP contribution in [0.1, 0.15) is 52.9 Å². The van der Waals surface area contributed by atoms with E-state index in [1.165, 1.54) is 25.7 Å². The van der Waals surface area contributed by atoms with Gasteiger partial charge in [-0.15, -0.1) is 11.8 Å². The molecular weight excluding hydrogens is 208 g/mol. The maximum absolute atomic E-state index is 11.2. The molecule has 3 unspecified atom stereocenters. The van der Waals surface area contributed by atoms with E-state index in [1.807, 2.05) is 13.8 Å². The van der Waals surface area contributed by atoms with Crippen LogP contribution in [0.25, 0.3) is 0 Å². The van der Waals surface area contributed by atoms with Gasteiger partial charge in [-0.1, -0.05) is 26.7 Å². The second-order valence-electron chi connectivity index (χ2n) is 4.90. The molecule has 15 heavy (non-hydrogen) atoms. The molecule has 1 aliphatic carbocycles. The second kappa shape index (κ2) is 5.24. The quantitative estimate of drug-likeness (QED) is 0.802. The Balaban J connectivity index is 2.54. The van der Waals surface area contributed by atoms with Crippen molar-refractivity contribution in [1.82, 2.24) is 0 Å². The number of carboxylic acid groups (broad SMARTS) is 1. The number of carboxylic acids is 1. The summed E-state index contributed by atoms with van der Waals surface area (Å²) in [4.78, 5) is 11.2. The molecule has 0 aromatic heterocycles. The molecule has 2 nitrogen and oxygen atoms in total.